The van der Waals surface area contributed by atoms with Gasteiger partial charge in [-0.05, 0) is 56.0 Å². The highest BCUT2D eigenvalue weighted by atomic mass is 32.1. The summed E-state index contributed by atoms with van der Waals surface area (Å²) in [6.07, 6.45) is 8.98. The van der Waals surface area contributed by atoms with Gasteiger partial charge in [-0.3, -0.25) is 4.79 Å². The summed E-state index contributed by atoms with van der Waals surface area (Å²) in [6.45, 7) is 2.21. The van der Waals surface area contributed by atoms with Gasteiger partial charge in [-0.2, -0.15) is 4.99 Å². The average Bonchev–Trinajstić information content (AvgIpc) is 2.58. The van der Waals surface area contributed by atoms with Gasteiger partial charge in [0.15, 0.2) is 5.82 Å². The molecule has 0 amide bonds. The van der Waals surface area contributed by atoms with Crippen LogP contribution in [0.5, 0.6) is 5.75 Å². The van der Waals surface area contributed by atoms with Crippen LogP contribution >= 0.6 is 12.2 Å². The number of unbranched alkanes of at least 4 members (excludes halogenated alkanes) is 2. The normalized spacial score (nSPS) is 20.2. The number of esters is 1. The van der Waals surface area contributed by atoms with Gasteiger partial charge in [0.05, 0.1) is 11.1 Å². The third-order valence-electron chi connectivity index (χ3n) is 4.70. The molecule has 0 heterocycles. The van der Waals surface area contributed by atoms with Crippen LogP contribution in [0.2, 0.25) is 0 Å². The number of carbonyl (C=O) groups excluding carboxylic acids is 1. The number of thiocarbonyl (C=S) groups is 1. The summed E-state index contributed by atoms with van der Waals surface area (Å²) in [4.78, 5) is 15.9. The van der Waals surface area contributed by atoms with Crippen molar-refractivity contribution in [3.63, 3.8) is 0 Å². The van der Waals surface area contributed by atoms with E-state index >= 15 is 0 Å². The second-order valence-corrected chi connectivity index (χ2v) is 6.63. The monoisotopic (exact) mass is 349 g/mol. The van der Waals surface area contributed by atoms with Crippen LogP contribution < -0.4 is 4.74 Å². The van der Waals surface area contributed by atoms with Gasteiger partial charge in [0.2, 0.25) is 0 Å². The van der Waals surface area contributed by atoms with Crippen molar-refractivity contribution in [1.29, 1.82) is 0 Å². The predicted octanol–water partition coefficient (Wildman–Crippen LogP) is 5.85. The molecule has 0 bridgehead atoms. The Morgan fingerprint density at radius 3 is 2.71 bits per heavy atom. The maximum Gasteiger partial charge on any atom is 0.314 e. The zero-order valence-corrected chi connectivity index (χ0v) is 14.9. The van der Waals surface area contributed by atoms with Gasteiger partial charge in [-0.15, -0.1) is 0 Å². The molecule has 3 nitrogen and oxygen atoms in total. The number of nitrogens with zero attached hydrogens (tertiary/aromatic N) is 1. The van der Waals surface area contributed by atoms with Crippen LogP contribution in [-0.4, -0.2) is 11.1 Å². The molecule has 2 rings (SSSR count). The number of isothiocyanates is 1. The van der Waals surface area contributed by atoms with Crippen LogP contribution in [0.4, 0.5) is 10.1 Å². The Kier molecular flexibility index (Phi) is 7.54. The molecule has 1 aromatic carbocycles. The summed E-state index contributed by atoms with van der Waals surface area (Å²) in [5.74, 6) is 0.0506. The Bertz CT molecular complexity index is 605. The number of benzene rings is 1. The van der Waals surface area contributed by atoms with Gasteiger partial charge in [0, 0.05) is 6.07 Å². The smallest absolute Gasteiger partial charge is 0.314 e. The first kappa shape index (κ1) is 18.8. The highest BCUT2D eigenvalue weighted by Crippen LogP contribution is 2.33. The lowest BCUT2D eigenvalue weighted by Gasteiger charge is -2.27. The van der Waals surface area contributed by atoms with Crippen molar-refractivity contribution < 1.29 is 13.9 Å². The van der Waals surface area contributed by atoms with Crippen molar-refractivity contribution in [2.24, 2.45) is 16.8 Å². The van der Waals surface area contributed by atoms with Crippen LogP contribution in [0.25, 0.3) is 0 Å². The Labute approximate surface area is 148 Å². The minimum atomic E-state index is -0.572. The molecule has 5 heteroatoms. The largest absolute Gasteiger partial charge is 0.426 e. The summed E-state index contributed by atoms with van der Waals surface area (Å²) in [7, 11) is 0. The fraction of sp³-hybridized carbons (Fsp3) is 0.579. The molecule has 0 atom stereocenters. The van der Waals surface area contributed by atoms with Crippen molar-refractivity contribution >= 4 is 29.0 Å². The maximum absolute atomic E-state index is 13.8. The van der Waals surface area contributed by atoms with E-state index in [1.165, 1.54) is 43.9 Å². The van der Waals surface area contributed by atoms with Gasteiger partial charge in [0.25, 0.3) is 0 Å². The Morgan fingerprint density at radius 1 is 1.33 bits per heavy atom. The Morgan fingerprint density at radius 2 is 2.08 bits per heavy atom. The number of ether oxygens (including phenoxy) is 1. The van der Waals surface area contributed by atoms with Gasteiger partial charge in [-0.1, -0.05) is 32.6 Å². The molecule has 1 saturated carbocycles. The van der Waals surface area contributed by atoms with E-state index in [9.17, 15) is 9.18 Å². The molecule has 0 aromatic heterocycles. The van der Waals surface area contributed by atoms with Crippen molar-refractivity contribution in [2.45, 2.75) is 58.3 Å². The van der Waals surface area contributed by atoms with Crippen LogP contribution in [0.1, 0.15) is 58.3 Å². The molecule has 0 saturated heterocycles. The topological polar surface area (TPSA) is 38.7 Å². The van der Waals surface area contributed by atoms with E-state index in [-0.39, 0.29) is 23.3 Å². The highest BCUT2D eigenvalue weighted by molar-refractivity contribution is 7.78. The van der Waals surface area contributed by atoms with E-state index in [1.807, 2.05) is 0 Å². The molecular weight excluding hydrogens is 325 g/mol. The number of rotatable bonds is 7. The molecule has 0 N–H and O–H groups in total. The number of aliphatic imine (C=N–C) groups is 1. The van der Waals surface area contributed by atoms with Gasteiger partial charge >= 0.3 is 5.97 Å². The summed E-state index contributed by atoms with van der Waals surface area (Å²) < 4.78 is 19.1. The van der Waals surface area contributed by atoms with Gasteiger partial charge in [-0.25, -0.2) is 4.39 Å². The fourth-order valence-corrected chi connectivity index (χ4v) is 3.36. The molecule has 24 heavy (non-hydrogen) atoms. The third-order valence-corrected chi connectivity index (χ3v) is 4.79. The molecule has 0 unspecified atom stereocenters. The van der Waals surface area contributed by atoms with Crippen LogP contribution in [0.15, 0.2) is 23.2 Å². The van der Waals surface area contributed by atoms with Crippen molar-refractivity contribution in [1.82, 2.24) is 0 Å². The van der Waals surface area contributed by atoms with E-state index in [0.29, 0.717) is 0 Å². The highest BCUT2D eigenvalue weighted by Gasteiger charge is 2.27. The number of hydrogen-bond acceptors (Lipinski definition) is 4. The Hall–Kier alpha value is -1.58. The molecular formula is C19H24FNO2S. The summed E-state index contributed by atoms with van der Waals surface area (Å²) in [6, 6.07) is 4.13. The van der Waals surface area contributed by atoms with Crippen molar-refractivity contribution in [3.8, 4) is 5.75 Å². The van der Waals surface area contributed by atoms with E-state index in [0.717, 1.165) is 31.6 Å². The minimum absolute atomic E-state index is 0.0749. The first-order valence-corrected chi connectivity index (χ1v) is 9.14. The molecule has 0 spiro atoms. The summed E-state index contributed by atoms with van der Waals surface area (Å²) in [5.41, 5.74) is 0.0948. The lowest BCUT2D eigenvalue weighted by Crippen LogP contribution is -2.25. The molecule has 1 fully saturated rings. The first-order valence-electron chi connectivity index (χ1n) is 8.73. The number of halogens is 1. The molecule has 1 aliphatic carbocycles. The number of carbonyl (C=O) groups is 1. The van der Waals surface area contributed by atoms with Gasteiger partial charge < -0.3 is 4.74 Å². The van der Waals surface area contributed by atoms with E-state index in [2.05, 4.69) is 29.3 Å². The molecule has 1 aliphatic rings. The second-order valence-electron chi connectivity index (χ2n) is 6.45. The SMILES string of the molecule is CCCCCC1CCC(C(=O)Oc2ccc(N=C=S)c(F)c2)CC1. The fourth-order valence-electron chi connectivity index (χ4n) is 3.26. The van der Waals surface area contributed by atoms with Crippen molar-refractivity contribution in [2.75, 3.05) is 0 Å². The van der Waals surface area contributed by atoms with E-state index < -0.39 is 5.82 Å². The zero-order valence-electron chi connectivity index (χ0n) is 14.1. The maximum atomic E-state index is 13.8. The summed E-state index contributed by atoms with van der Waals surface area (Å²) in [5, 5.41) is 2.12. The number of hydrogen-bond donors (Lipinski definition) is 0. The zero-order chi connectivity index (χ0) is 17.4. The quantitative estimate of drug-likeness (QED) is 0.204. The standard InChI is InChI=1S/C19H24FNO2S/c1-2-3-4-5-14-6-8-15(9-7-14)19(22)23-16-10-11-18(21-13-24)17(20)12-16/h10-12,14-15H,2-9H2,1H3. The van der Waals surface area contributed by atoms with Gasteiger partial charge in [0.1, 0.15) is 11.4 Å². The second kappa shape index (κ2) is 9.65. The van der Waals surface area contributed by atoms with Crippen LogP contribution in [-0.2, 0) is 4.79 Å². The minimum Gasteiger partial charge on any atom is -0.426 e. The molecule has 0 radical (unpaired) electrons. The molecule has 1 aromatic rings. The Balaban J connectivity index is 1.83. The van der Waals surface area contributed by atoms with Crippen molar-refractivity contribution in [3.05, 3.63) is 24.0 Å². The summed E-state index contributed by atoms with van der Waals surface area (Å²) >= 11 is 4.46. The van der Waals surface area contributed by atoms with Crippen LogP contribution in [0.3, 0.4) is 0 Å². The van der Waals surface area contributed by atoms with Crippen LogP contribution in [0, 0.1) is 17.7 Å². The predicted molar refractivity (Wildman–Crippen MR) is 96.3 cm³/mol. The average molecular weight is 349 g/mol. The molecule has 0 aliphatic heterocycles. The van der Waals surface area contributed by atoms with E-state index in [4.69, 9.17) is 4.74 Å². The lowest BCUT2D eigenvalue weighted by molar-refractivity contribution is -0.140. The first-order chi connectivity index (χ1) is 11.6. The lowest BCUT2D eigenvalue weighted by atomic mass is 9.80. The molecule has 130 valence electrons. The third kappa shape index (κ3) is 5.50. The van der Waals surface area contributed by atoms with E-state index in [1.54, 1.807) is 0 Å².